The van der Waals surface area contributed by atoms with Crippen molar-refractivity contribution in [2.24, 2.45) is 5.73 Å². The number of hydrogen-bond donors (Lipinski definition) is 1. The van der Waals surface area contributed by atoms with E-state index in [4.69, 9.17) is 19.9 Å². The van der Waals surface area contributed by atoms with Gasteiger partial charge >= 0.3 is 0 Å². The van der Waals surface area contributed by atoms with Gasteiger partial charge in [0.15, 0.2) is 0 Å². The second-order valence-electron chi connectivity index (χ2n) is 4.94. The number of rotatable bonds is 11. The van der Waals surface area contributed by atoms with Crippen LogP contribution in [0.15, 0.2) is 18.2 Å². The number of amides is 1. The van der Waals surface area contributed by atoms with Crippen LogP contribution in [0.25, 0.3) is 0 Å². The lowest BCUT2D eigenvalue weighted by Gasteiger charge is -2.32. The normalized spacial score (nSPS) is 11.5. The van der Waals surface area contributed by atoms with Crippen molar-refractivity contribution in [1.29, 1.82) is 0 Å². The number of non-ortho nitro benzene ring substituents is 1. The Kier molecular flexibility index (Phi) is 7.76. The van der Waals surface area contributed by atoms with Crippen molar-refractivity contribution in [2.75, 3.05) is 19.8 Å². The molecule has 0 unspecified atom stereocenters. The topological polar surface area (TPSA) is 114 Å². The van der Waals surface area contributed by atoms with E-state index in [0.717, 1.165) is 0 Å². The number of carbonyl (C=O) groups is 1. The second-order valence-corrected chi connectivity index (χ2v) is 4.94. The van der Waals surface area contributed by atoms with E-state index in [-0.39, 0.29) is 24.1 Å². The Bertz CT molecular complexity index is 559. The molecule has 0 aliphatic rings. The van der Waals surface area contributed by atoms with E-state index in [1.165, 1.54) is 18.2 Å². The predicted octanol–water partition coefficient (Wildman–Crippen LogP) is 2.39. The lowest BCUT2D eigenvalue weighted by atomic mass is 10.0. The average molecular weight is 340 g/mol. The number of carbonyl (C=O) groups excluding carboxylic acids is 1. The smallest absolute Gasteiger partial charge is 0.283 e. The molecular formula is C16H24N2O6. The summed E-state index contributed by atoms with van der Waals surface area (Å²) in [7, 11) is 0. The van der Waals surface area contributed by atoms with E-state index in [1.807, 2.05) is 20.8 Å². The van der Waals surface area contributed by atoms with Gasteiger partial charge in [-0.25, -0.2) is 0 Å². The molecule has 0 spiro atoms. The van der Waals surface area contributed by atoms with Gasteiger partial charge in [-0.3, -0.25) is 14.9 Å². The fourth-order valence-electron chi connectivity index (χ4n) is 2.43. The second kappa shape index (κ2) is 9.31. The van der Waals surface area contributed by atoms with E-state index >= 15 is 0 Å². The summed E-state index contributed by atoms with van der Waals surface area (Å²) in [5, 5.41) is 11.0. The van der Waals surface area contributed by atoms with Gasteiger partial charge in [0.25, 0.3) is 11.7 Å². The maximum absolute atomic E-state index is 11.6. The number of hydrogen-bond acceptors (Lipinski definition) is 6. The summed E-state index contributed by atoms with van der Waals surface area (Å²) < 4.78 is 16.8. The van der Waals surface area contributed by atoms with Gasteiger partial charge in [0.2, 0.25) is 5.91 Å². The number of nitrogens with two attached hydrogens (primary N) is 1. The van der Waals surface area contributed by atoms with Crippen LogP contribution in [-0.2, 0) is 20.6 Å². The van der Waals surface area contributed by atoms with Crippen LogP contribution in [0.2, 0.25) is 0 Å². The van der Waals surface area contributed by atoms with E-state index in [1.54, 1.807) is 0 Å². The van der Waals surface area contributed by atoms with Crippen LogP contribution < -0.4 is 5.73 Å². The first-order chi connectivity index (χ1) is 11.4. The highest BCUT2D eigenvalue weighted by atomic mass is 16.9. The minimum Gasteiger partial charge on any atom is -0.366 e. The number of benzene rings is 1. The highest BCUT2D eigenvalue weighted by Gasteiger charge is 2.32. The zero-order valence-corrected chi connectivity index (χ0v) is 14.2. The molecule has 0 aliphatic carbocycles. The molecule has 1 rings (SSSR count). The average Bonchev–Trinajstić information content (AvgIpc) is 2.53. The molecule has 24 heavy (non-hydrogen) atoms. The van der Waals surface area contributed by atoms with Crippen LogP contribution in [0.4, 0.5) is 5.69 Å². The molecule has 0 heterocycles. The Morgan fingerprint density at radius 1 is 1.17 bits per heavy atom. The standard InChI is InChI=1S/C16H24N2O6/c1-4-22-16(23-5-2,24-6-3)10-9-12-11-13(18(20)21)7-8-14(12)15(17)19/h7-8,11H,4-6,9-10H2,1-3H3,(H2,17,19). The van der Waals surface area contributed by atoms with Gasteiger partial charge in [-0.05, 0) is 38.8 Å². The van der Waals surface area contributed by atoms with Crippen LogP contribution in [0.3, 0.4) is 0 Å². The monoisotopic (exact) mass is 340 g/mol. The first-order valence-corrected chi connectivity index (χ1v) is 7.88. The summed E-state index contributed by atoms with van der Waals surface area (Å²) in [5.74, 6) is -1.90. The largest absolute Gasteiger partial charge is 0.366 e. The third-order valence-electron chi connectivity index (χ3n) is 3.36. The third-order valence-corrected chi connectivity index (χ3v) is 3.36. The molecule has 1 aromatic carbocycles. The number of nitro groups is 1. The molecule has 1 aromatic rings. The molecule has 0 aromatic heterocycles. The third kappa shape index (κ3) is 5.26. The Balaban J connectivity index is 3.09. The molecule has 1 amide bonds. The van der Waals surface area contributed by atoms with E-state index in [9.17, 15) is 14.9 Å². The summed E-state index contributed by atoms with van der Waals surface area (Å²) in [4.78, 5) is 22.0. The Hall–Kier alpha value is -2.03. The van der Waals surface area contributed by atoms with E-state index in [2.05, 4.69) is 0 Å². The lowest BCUT2D eigenvalue weighted by Crippen LogP contribution is -2.40. The summed E-state index contributed by atoms with van der Waals surface area (Å²) in [6, 6.07) is 3.96. The quantitative estimate of drug-likeness (QED) is 0.376. The summed E-state index contributed by atoms with van der Waals surface area (Å²) in [5.41, 5.74) is 5.94. The van der Waals surface area contributed by atoms with Crippen LogP contribution >= 0.6 is 0 Å². The van der Waals surface area contributed by atoms with Crippen molar-refractivity contribution < 1.29 is 23.9 Å². The maximum Gasteiger partial charge on any atom is 0.283 e. The maximum atomic E-state index is 11.6. The Labute approximate surface area is 141 Å². The number of nitrogens with zero attached hydrogens (tertiary/aromatic N) is 1. The van der Waals surface area contributed by atoms with Gasteiger partial charge in [0.05, 0.1) is 4.92 Å². The van der Waals surface area contributed by atoms with Crippen molar-refractivity contribution >= 4 is 11.6 Å². The minimum absolute atomic E-state index is 0.107. The fraction of sp³-hybridized carbons (Fsp3) is 0.562. The number of nitro benzene ring substituents is 1. The molecule has 8 nitrogen and oxygen atoms in total. The Morgan fingerprint density at radius 2 is 1.71 bits per heavy atom. The zero-order valence-electron chi connectivity index (χ0n) is 14.2. The Morgan fingerprint density at radius 3 is 2.12 bits per heavy atom. The lowest BCUT2D eigenvalue weighted by molar-refractivity contribution is -0.385. The minimum atomic E-state index is -1.25. The van der Waals surface area contributed by atoms with Gasteiger partial charge in [-0.1, -0.05) is 0 Å². The van der Waals surface area contributed by atoms with Crippen molar-refractivity contribution in [3.8, 4) is 0 Å². The van der Waals surface area contributed by atoms with Crippen LogP contribution in [0.1, 0.15) is 43.1 Å². The molecule has 0 atom stereocenters. The van der Waals surface area contributed by atoms with Crippen LogP contribution in [0, 0.1) is 10.1 Å². The van der Waals surface area contributed by atoms with Gasteiger partial charge in [-0.15, -0.1) is 0 Å². The highest BCUT2D eigenvalue weighted by molar-refractivity contribution is 5.94. The molecule has 2 N–H and O–H groups in total. The predicted molar refractivity (Wildman–Crippen MR) is 87.5 cm³/mol. The summed E-state index contributed by atoms with van der Waals surface area (Å²) in [6.45, 7) is 6.56. The first-order valence-electron chi connectivity index (χ1n) is 7.88. The van der Waals surface area contributed by atoms with Crippen LogP contribution in [0.5, 0.6) is 0 Å². The number of ether oxygens (including phenoxy) is 3. The van der Waals surface area contributed by atoms with Gasteiger partial charge in [0, 0.05) is 43.9 Å². The van der Waals surface area contributed by atoms with Gasteiger partial charge in [-0.2, -0.15) is 0 Å². The highest BCUT2D eigenvalue weighted by Crippen LogP contribution is 2.26. The molecule has 0 radical (unpaired) electrons. The number of aryl methyl sites for hydroxylation is 1. The van der Waals surface area contributed by atoms with E-state index in [0.29, 0.717) is 25.4 Å². The van der Waals surface area contributed by atoms with Crippen LogP contribution in [-0.4, -0.2) is 36.6 Å². The van der Waals surface area contributed by atoms with Crippen molar-refractivity contribution in [3.63, 3.8) is 0 Å². The first kappa shape index (κ1) is 20.0. The molecule has 0 saturated heterocycles. The van der Waals surface area contributed by atoms with Gasteiger partial charge < -0.3 is 19.9 Å². The molecule has 8 heteroatoms. The van der Waals surface area contributed by atoms with Crippen molar-refractivity contribution in [3.05, 3.63) is 39.4 Å². The molecule has 0 fully saturated rings. The fourth-order valence-corrected chi connectivity index (χ4v) is 2.43. The SMILES string of the molecule is CCOC(CCc1cc([N+](=O)[O-])ccc1C(N)=O)(OCC)OCC. The van der Waals surface area contributed by atoms with Crippen molar-refractivity contribution in [2.45, 2.75) is 39.6 Å². The molecule has 0 bridgehead atoms. The molecule has 0 aliphatic heterocycles. The van der Waals surface area contributed by atoms with Crippen molar-refractivity contribution in [1.82, 2.24) is 0 Å². The molecular weight excluding hydrogens is 316 g/mol. The zero-order chi connectivity index (χ0) is 18.2. The summed E-state index contributed by atoms with van der Waals surface area (Å²) >= 11 is 0. The molecule has 134 valence electrons. The molecule has 0 saturated carbocycles. The van der Waals surface area contributed by atoms with Gasteiger partial charge in [0.1, 0.15) is 0 Å². The van der Waals surface area contributed by atoms with E-state index < -0.39 is 16.8 Å². The summed E-state index contributed by atoms with van der Waals surface area (Å²) in [6.07, 6.45) is 0.546. The number of primary amides is 1.